The Balaban J connectivity index is 2.13. The maximum Gasteiger partial charge on any atom is 0.258 e. The van der Waals surface area contributed by atoms with Gasteiger partial charge in [0.1, 0.15) is 6.04 Å². The van der Waals surface area contributed by atoms with E-state index in [2.05, 4.69) is 5.32 Å². The molecule has 1 unspecified atom stereocenters. The molecule has 1 aromatic rings. The van der Waals surface area contributed by atoms with Gasteiger partial charge in [-0.1, -0.05) is 6.07 Å². The molecule has 0 radical (unpaired) electrons. The number of hydrogen-bond donors (Lipinski definition) is 2. The lowest BCUT2D eigenvalue weighted by Gasteiger charge is -2.25. The van der Waals surface area contributed by atoms with E-state index in [0.29, 0.717) is 16.9 Å². The molecule has 5 heteroatoms. The van der Waals surface area contributed by atoms with Crippen LogP contribution in [0.2, 0.25) is 0 Å². The Hall–Kier alpha value is -2.04. The first-order chi connectivity index (χ1) is 8.59. The zero-order valence-corrected chi connectivity index (χ0v) is 10.1. The molecule has 5 nitrogen and oxygen atoms in total. The van der Waals surface area contributed by atoms with Gasteiger partial charge in [-0.05, 0) is 31.9 Å². The third-order valence-corrected chi connectivity index (χ3v) is 3.54. The van der Waals surface area contributed by atoms with E-state index in [4.69, 9.17) is 5.73 Å². The van der Waals surface area contributed by atoms with E-state index in [9.17, 15) is 9.59 Å². The summed E-state index contributed by atoms with van der Waals surface area (Å²) in [6.45, 7) is 1.76. The second-order valence-electron chi connectivity index (χ2n) is 4.88. The molecule has 0 saturated heterocycles. The first kappa shape index (κ1) is 11.1. The average molecular weight is 245 g/mol. The van der Waals surface area contributed by atoms with E-state index in [1.807, 2.05) is 0 Å². The van der Waals surface area contributed by atoms with Crippen molar-refractivity contribution in [2.75, 3.05) is 11.1 Å². The maximum absolute atomic E-state index is 12.5. The molecule has 0 aromatic heterocycles. The Labute approximate surface area is 105 Å². The summed E-state index contributed by atoms with van der Waals surface area (Å²) >= 11 is 0. The summed E-state index contributed by atoms with van der Waals surface area (Å²) in [5, 5.41) is 2.77. The summed E-state index contributed by atoms with van der Waals surface area (Å²) in [6.07, 6.45) is 1.93. The molecule has 1 fully saturated rings. The fraction of sp³-hybridized carbons (Fsp3) is 0.385. The van der Waals surface area contributed by atoms with Crippen LogP contribution >= 0.6 is 0 Å². The molecule has 0 spiro atoms. The van der Waals surface area contributed by atoms with E-state index in [1.54, 1.807) is 30.0 Å². The summed E-state index contributed by atoms with van der Waals surface area (Å²) in [5.41, 5.74) is 7.22. The van der Waals surface area contributed by atoms with Crippen molar-refractivity contribution in [2.24, 2.45) is 0 Å². The predicted molar refractivity (Wildman–Crippen MR) is 68.1 cm³/mol. The number of nitrogens with two attached hydrogens (primary N) is 1. The van der Waals surface area contributed by atoms with Crippen LogP contribution in [0.1, 0.15) is 30.1 Å². The molecule has 1 aliphatic heterocycles. The standard InChI is InChI=1S/C13H15N3O2/c1-7-12(17)15-10-4-2-3-9(14)11(10)13(18)16(7)8-5-6-8/h2-4,7-8H,5-6,14H2,1H3,(H,15,17). The lowest BCUT2D eigenvalue weighted by atomic mass is 10.1. The van der Waals surface area contributed by atoms with Gasteiger partial charge in [0.15, 0.2) is 0 Å². The Kier molecular flexibility index (Phi) is 2.29. The van der Waals surface area contributed by atoms with Gasteiger partial charge in [0.05, 0.1) is 11.3 Å². The Bertz CT molecular complexity index is 537. The van der Waals surface area contributed by atoms with Crippen molar-refractivity contribution in [2.45, 2.75) is 31.8 Å². The molecule has 1 aliphatic carbocycles. The highest BCUT2D eigenvalue weighted by Crippen LogP contribution is 2.35. The van der Waals surface area contributed by atoms with E-state index in [1.165, 1.54) is 0 Å². The minimum Gasteiger partial charge on any atom is -0.398 e. The third-order valence-electron chi connectivity index (χ3n) is 3.54. The Morgan fingerprint density at radius 2 is 2.06 bits per heavy atom. The lowest BCUT2D eigenvalue weighted by Crippen LogP contribution is -2.44. The minimum absolute atomic E-state index is 0.142. The zero-order valence-electron chi connectivity index (χ0n) is 10.1. The van der Waals surface area contributed by atoms with Crippen molar-refractivity contribution in [1.82, 2.24) is 4.90 Å². The molecule has 3 N–H and O–H groups in total. The molecule has 2 amide bonds. The zero-order chi connectivity index (χ0) is 12.9. The number of nitrogens with one attached hydrogen (secondary N) is 1. The van der Waals surface area contributed by atoms with E-state index in [-0.39, 0.29) is 17.9 Å². The van der Waals surface area contributed by atoms with Gasteiger partial charge in [-0.25, -0.2) is 0 Å². The predicted octanol–water partition coefficient (Wildman–Crippen LogP) is 1.21. The molecule has 1 aromatic carbocycles. The molecule has 3 rings (SSSR count). The van der Waals surface area contributed by atoms with Crippen molar-refractivity contribution in [3.05, 3.63) is 23.8 Å². The number of carbonyl (C=O) groups excluding carboxylic acids is 2. The van der Waals surface area contributed by atoms with E-state index >= 15 is 0 Å². The van der Waals surface area contributed by atoms with Crippen LogP contribution in [0.5, 0.6) is 0 Å². The fourth-order valence-corrected chi connectivity index (χ4v) is 2.42. The normalized spacial score (nSPS) is 23.4. The fourth-order valence-electron chi connectivity index (χ4n) is 2.42. The van der Waals surface area contributed by atoms with Crippen LogP contribution in [0.4, 0.5) is 11.4 Å². The van der Waals surface area contributed by atoms with Crippen LogP contribution in [0.25, 0.3) is 0 Å². The number of nitrogens with zero attached hydrogens (tertiary/aromatic N) is 1. The van der Waals surface area contributed by atoms with Crippen LogP contribution in [0, 0.1) is 0 Å². The SMILES string of the molecule is CC1C(=O)Nc2cccc(N)c2C(=O)N1C1CC1. The largest absolute Gasteiger partial charge is 0.398 e. The molecular formula is C13H15N3O2. The molecule has 2 aliphatic rings. The van der Waals surface area contributed by atoms with Crippen LogP contribution in [-0.2, 0) is 4.79 Å². The van der Waals surface area contributed by atoms with Crippen molar-refractivity contribution < 1.29 is 9.59 Å². The Morgan fingerprint density at radius 1 is 1.33 bits per heavy atom. The highest BCUT2D eigenvalue weighted by Gasteiger charge is 2.41. The average Bonchev–Trinajstić information content (AvgIpc) is 3.12. The van der Waals surface area contributed by atoms with Crippen molar-refractivity contribution in [3.63, 3.8) is 0 Å². The molecule has 94 valence electrons. The smallest absolute Gasteiger partial charge is 0.258 e. The van der Waals surface area contributed by atoms with Crippen LogP contribution in [0.15, 0.2) is 18.2 Å². The number of carbonyl (C=O) groups is 2. The molecule has 1 heterocycles. The van der Waals surface area contributed by atoms with Gasteiger partial charge < -0.3 is 16.0 Å². The van der Waals surface area contributed by atoms with Crippen LogP contribution in [-0.4, -0.2) is 28.8 Å². The van der Waals surface area contributed by atoms with Gasteiger partial charge >= 0.3 is 0 Å². The number of anilines is 2. The summed E-state index contributed by atoms with van der Waals surface area (Å²) in [4.78, 5) is 26.2. The summed E-state index contributed by atoms with van der Waals surface area (Å²) in [7, 11) is 0. The van der Waals surface area contributed by atoms with Gasteiger partial charge in [-0.2, -0.15) is 0 Å². The molecular weight excluding hydrogens is 230 g/mol. The number of fused-ring (bicyclic) bond motifs is 1. The summed E-state index contributed by atoms with van der Waals surface area (Å²) < 4.78 is 0. The van der Waals surface area contributed by atoms with Crippen molar-refractivity contribution >= 4 is 23.2 Å². The first-order valence-electron chi connectivity index (χ1n) is 6.11. The highest BCUT2D eigenvalue weighted by atomic mass is 16.2. The summed E-state index contributed by atoms with van der Waals surface area (Å²) in [5.74, 6) is -0.295. The first-order valence-corrected chi connectivity index (χ1v) is 6.11. The van der Waals surface area contributed by atoms with Crippen LogP contribution in [0.3, 0.4) is 0 Å². The second kappa shape index (κ2) is 3.73. The van der Waals surface area contributed by atoms with Crippen LogP contribution < -0.4 is 11.1 Å². The maximum atomic E-state index is 12.5. The number of amides is 2. The van der Waals surface area contributed by atoms with Gasteiger partial charge in [0.25, 0.3) is 5.91 Å². The topological polar surface area (TPSA) is 75.4 Å². The van der Waals surface area contributed by atoms with E-state index in [0.717, 1.165) is 12.8 Å². The second-order valence-corrected chi connectivity index (χ2v) is 4.88. The number of hydrogen-bond acceptors (Lipinski definition) is 3. The highest BCUT2D eigenvalue weighted by molar-refractivity contribution is 6.12. The Morgan fingerprint density at radius 3 is 2.72 bits per heavy atom. The quantitative estimate of drug-likeness (QED) is 0.730. The van der Waals surface area contributed by atoms with Crippen molar-refractivity contribution in [3.8, 4) is 0 Å². The van der Waals surface area contributed by atoms with E-state index < -0.39 is 6.04 Å². The summed E-state index contributed by atoms with van der Waals surface area (Å²) in [6, 6.07) is 4.87. The third kappa shape index (κ3) is 1.54. The lowest BCUT2D eigenvalue weighted by molar-refractivity contribution is -0.120. The number of rotatable bonds is 1. The molecule has 1 atom stereocenters. The number of benzene rings is 1. The van der Waals surface area contributed by atoms with Gasteiger partial charge in [-0.15, -0.1) is 0 Å². The molecule has 18 heavy (non-hydrogen) atoms. The van der Waals surface area contributed by atoms with Gasteiger partial charge in [0.2, 0.25) is 5.91 Å². The monoisotopic (exact) mass is 245 g/mol. The van der Waals surface area contributed by atoms with Crippen molar-refractivity contribution in [1.29, 1.82) is 0 Å². The molecule has 1 saturated carbocycles. The van der Waals surface area contributed by atoms with Gasteiger partial charge in [-0.3, -0.25) is 9.59 Å². The van der Waals surface area contributed by atoms with Gasteiger partial charge in [0, 0.05) is 11.7 Å². The molecule has 0 bridgehead atoms. The minimum atomic E-state index is -0.447. The number of nitrogen functional groups attached to an aromatic ring is 1.